The fourth-order valence-corrected chi connectivity index (χ4v) is 0. The van der Waals surface area contributed by atoms with Crippen molar-refractivity contribution in [3.8, 4) is 0 Å². The van der Waals surface area contributed by atoms with Crippen LogP contribution in [0.3, 0.4) is 0 Å². The first kappa shape index (κ1) is 9.83. The average Bonchev–Trinajstić information content (AvgIpc) is 1.69. The monoisotopic (exact) mass is 120 g/mol. The van der Waals surface area contributed by atoms with Gasteiger partial charge in [-0.2, -0.15) is 0 Å². The Hall–Kier alpha value is -0.330. The molecule has 42 valence electrons. The molecule has 0 radical (unpaired) electrons. The van der Waals surface area contributed by atoms with Crippen molar-refractivity contribution >= 4 is 8.69 Å². The first-order valence-electron chi connectivity index (χ1n) is 1.64. The van der Waals surface area contributed by atoms with E-state index in [1.165, 1.54) is 0 Å². The van der Waals surface area contributed by atoms with Gasteiger partial charge in [0.25, 0.3) is 0 Å². The van der Waals surface area contributed by atoms with Gasteiger partial charge in [0.1, 0.15) is 0 Å². The molecule has 0 heterocycles. The Morgan fingerprint density at radius 2 is 1.57 bits per heavy atom. The summed E-state index contributed by atoms with van der Waals surface area (Å²) in [6.45, 7) is 6.72. The van der Waals surface area contributed by atoms with Crippen LogP contribution in [-0.2, 0) is 4.57 Å². The molecule has 1 unspecified atom stereocenters. The highest BCUT2D eigenvalue weighted by Gasteiger charge is 1.29. The molecule has 0 saturated heterocycles. The molecule has 3 heteroatoms. The Morgan fingerprint density at radius 3 is 1.57 bits per heavy atom. The molecule has 0 aromatic carbocycles. The third-order valence-corrected chi connectivity index (χ3v) is 0.167. The molecular weight excluding hydrogens is 111 g/mol. The minimum atomic E-state index is -1.50. The maximum atomic E-state index is 8.57. The second-order valence-electron chi connectivity index (χ2n) is 0.577. The fourth-order valence-electron chi connectivity index (χ4n) is 0. The van der Waals surface area contributed by atoms with Gasteiger partial charge in [-0.1, -0.05) is 25.3 Å². The van der Waals surface area contributed by atoms with Crippen LogP contribution in [0.4, 0.5) is 0 Å². The lowest BCUT2D eigenvalue weighted by atomic mass is 10.6. The molecule has 0 spiro atoms. The maximum absolute atomic E-state index is 8.57. The van der Waals surface area contributed by atoms with E-state index in [4.69, 9.17) is 9.46 Å². The summed E-state index contributed by atoms with van der Waals surface area (Å²) in [7, 11) is -1.50. The summed E-state index contributed by atoms with van der Waals surface area (Å²) in [6, 6.07) is 0. The smallest absolute Gasteiger partial charge is 0.177 e. The fraction of sp³-hybridized carbons (Fsp3) is 0. The van der Waals surface area contributed by atoms with E-state index in [1.54, 1.807) is 12.2 Å². The molecule has 1 atom stereocenters. The maximum Gasteiger partial charge on any atom is 0.177 e. The Bertz CT molecular complexity index is 54.7. The number of allylic oxidation sites excluding steroid dienone is 2. The lowest BCUT2D eigenvalue weighted by Crippen LogP contribution is -1.21. The summed E-state index contributed by atoms with van der Waals surface area (Å²) in [5, 5.41) is 0. The molecule has 0 aliphatic heterocycles. The molecule has 0 aromatic rings. The summed E-state index contributed by atoms with van der Waals surface area (Å²) in [6.07, 6.45) is 3.28. The molecule has 0 rings (SSSR count). The first-order valence-corrected chi connectivity index (χ1v) is 2.63. The van der Waals surface area contributed by atoms with Crippen molar-refractivity contribution in [1.82, 2.24) is 0 Å². The zero-order valence-corrected chi connectivity index (χ0v) is 5.16. The van der Waals surface area contributed by atoms with Crippen molar-refractivity contribution in [3.05, 3.63) is 25.3 Å². The van der Waals surface area contributed by atoms with Gasteiger partial charge in [-0.3, -0.25) is 4.57 Å². The summed E-state index contributed by atoms with van der Waals surface area (Å²) in [5.41, 5.74) is 0. The highest BCUT2D eigenvalue weighted by molar-refractivity contribution is 7.16. The van der Waals surface area contributed by atoms with E-state index < -0.39 is 8.69 Å². The van der Waals surface area contributed by atoms with Gasteiger partial charge in [0.05, 0.1) is 0 Å². The van der Waals surface area contributed by atoms with E-state index in [-0.39, 0.29) is 0 Å². The summed E-state index contributed by atoms with van der Waals surface area (Å²) in [4.78, 5) is 7.10. The zero-order chi connectivity index (χ0) is 6.12. The summed E-state index contributed by atoms with van der Waals surface area (Å²) < 4.78 is 8.57. The van der Waals surface area contributed by atoms with Crippen molar-refractivity contribution < 1.29 is 9.46 Å². The van der Waals surface area contributed by atoms with Gasteiger partial charge in [0, 0.05) is 0 Å². The molecule has 0 aliphatic rings. The van der Waals surface area contributed by atoms with Crippen molar-refractivity contribution in [3.63, 3.8) is 0 Å². The molecule has 0 aromatic heterocycles. The van der Waals surface area contributed by atoms with E-state index in [2.05, 4.69) is 13.2 Å². The van der Waals surface area contributed by atoms with E-state index in [9.17, 15) is 0 Å². The quantitative estimate of drug-likeness (QED) is 0.414. The molecule has 1 N–H and O–H groups in total. The largest absolute Gasteiger partial charge is 0.348 e. The van der Waals surface area contributed by atoms with Crippen LogP contribution in [0.5, 0.6) is 0 Å². The second kappa shape index (κ2) is 17.3. The van der Waals surface area contributed by atoms with Crippen molar-refractivity contribution in [2.24, 2.45) is 0 Å². The zero-order valence-electron chi connectivity index (χ0n) is 4.00. The third kappa shape index (κ3) is 170. The molecule has 0 aliphatic carbocycles. The van der Waals surface area contributed by atoms with Gasteiger partial charge in [-0.05, 0) is 0 Å². The number of hydrogen-bond acceptors (Lipinski definition) is 1. The normalized spacial score (nSPS) is 7.00. The van der Waals surface area contributed by atoms with E-state index in [0.29, 0.717) is 0 Å². The third-order valence-electron chi connectivity index (χ3n) is 0.167. The average molecular weight is 120 g/mol. The first-order chi connectivity index (χ1) is 3.33. The van der Waals surface area contributed by atoms with Crippen LogP contribution in [-0.4, -0.2) is 4.89 Å². The molecule has 0 bridgehead atoms. The highest BCUT2D eigenvalue weighted by Crippen LogP contribution is 1.66. The Kier molecular flexibility index (Phi) is 24.4. The van der Waals surface area contributed by atoms with Gasteiger partial charge < -0.3 is 4.89 Å². The molecule has 2 nitrogen and oxygen atoms in total. The van der Waals surface area contributed by atoms with Gasteiger partial charge in [0.2, 0.25) is 0 Å². The van der Waals surface area contributed by atoms with Crippen LogP contribution in [0.1, 0.15) is 0 Å². The SMILES string of the molecule is C=CC=C.O=[PH2]O. The van der Waals surface area contributed by atoms with E-state index in [0.717, 1.165) is 0 Å². The molecule has 0 fully saturated rings. The van der Waals surface area contributed by atoms with Gasteiger partial charge >= 0.3 is 0 Å². The number of hydrogen-bond donors (Lipinski definition) is 1. The predicted molar refractivity (Wildman–Crippen MR) is 33.0 cm³/mol. The Balaban J connectivity index is 0. The van der Waals surface area contributed by atoms with Gasteiger partial charge in [-0.15, -0.1) is 0 Å². The Labute approximate surface area is 44.5 Å². The van der Waals surface area contributed by atoms with Crippen LogP contribution < -0.4 is 0 Å². The topological polar surface area (TPSA) is 37.3 Å². The van der Waals surface area contributed by atoms with Gasteiger partial charge in [0.15, 0.2) is 8.69 Å². The van der Waals surface area contributed by atoms with Crippen LogP contribution in [0, 0.1) is 0 Å². The standard InChI is InChI=1S/C4H6.H3O2P/c1-3-4-2;1-3-2/h3-4H,1-2H2;3H2,(H,1,2). The van der Waals surface area contributed by atoms with Gasteiger partial charge in [-0.25, -0.2) is 0 Å². The molecular formula is C4H9O2P. The minimum Gasteiger partial charge on any atom is -0.348 e. The summed E-state index contributed by atoms with van der Waals surface area (Å²) in [5.74, 6) is 0. The minimum absolute atomic E-state index is 1.50. The van der Waals surface area contributed by atoms with E-state index in [1.807, 2.05) is 0 Å². The van der Waals surface area contributed by atoms with Crippen LogP contribution in [0.25, 0.3) is 0 Å². The van der Waals surface area contributed by atoms with Crippen molar-refractivity contribution in [2.45, 2.75) is 0 Å². The lowest BCUT2D eigenvalue weighted by molar-refractivity contribution is 0.524. The molecule has 7 heavy (non-hydrogen) atoms. The molecule has 0 amide bonds. The van der Waals surface area contributed by atoms with Crippen LogP contribution in [0.2, 0.25) is 0 Å². The second-order valence-corrected chi connectivity index (χ2v) is 0.788. The van der Waals surface area contributed by atoms with Crippen LogP contribution >= 0.6 is 8.69 Å². The number of rotatable bonds is 1. The van der Waals surface area contributed by atoms with E-state index >= 15 is 0 Å². The van der Waals surface area contributed by atoms with Crippen molar-refractivity contribution in [2.75, 3.05) is 0 Å². The summed E-state index contributed by atoms with van der Waals surface area (Å²) >= 11 is 0. The lowest BCUT2D eigenvalue weighted by Gasteiger charge is -1.44. The highest BCUT2D eigenvalue weighted by atomic mass is 31.1. The Morgan fingerprint density at radius 1 is 1.43 bits per heavy atom. The molecule has 0 saturated carbocycles. The predicted octanol–water partition coefficient (Wildman–Crippen LogP) is 1.01. The van der Waals surface area contributed by atoms with Crippen LogP contribution in [0.15, 0.2) is 25.3 Å². The van der Waals surface area contributed by atoms with Crippen molar-refractivity contribution in [1.29, 1.82) is 0 Å².